The van der Waals surface area contributed by atoms with Crippen molar-refractivity contribution in [1.29, 1.82) is 0 Å². The van der Waals surface area contributed by atoms with Crippen LogP contribution in [-0.2, 0) is 14.3 Å². The Labute approximate surface area is 127 Å². The van der Waals surface area contributed by atoms with E-state index in [2.05, 4.69) is 18.7 Å². The van der Waals surface area contributed by atoms with E-state index in [1.54, 1.807) is 0 Å². The smallest absolute Gasteiger partial charge is 0.310 e. The Hall–Kier alpha value is -1.10. The molecule has 4 atom stereocenters. The van der Waals surface area contributed by atoms with Crippen LogP contribution in [0.25, 0.3) is 0 Å². The second kappa shape index (κ2) is 6.77. The molecule has 4 unspecified atom stereocenters. The van der Waals surface area contributed by atoms with E-state index in [0.717, 1.165) is 32.2 Å². The van der Waals surface area contributed by atoms with Gasteiger partial charge in [0.15, 0.2) is 0 Å². The minimum absolute atomic E-state index is 0.103. The number of amides is 1. The van der Waals surface area contributed by atoms with Gasteiger partial charge in [-0.1, -0.05) is 0 Å². The summed E-state index contributed by atoms with van der Waals surface area (Å²) in [5, 5.41) is 0. The molecule has 2 aliphatic heterocycles. The van der Waals surface area contributed by atoms with Crippen LogP contribution < -0.4 is 0 Å². The van der Waals surface area contributed by atoms with Crippen molar-refractivity contribution in [3.63, 3.8) is 0 Å². The lowest BCUT2D eigenvalue weighted by Gasteiger charge is -2.38. The summed E-state index contributed by atoms with van der Waals surface area (Å²) in [6, 6.07) is 0.814. The van der Waals surface area contributed by atoms with Gasteiger partial charge in [0.25, 0.3) is 0 Å². The fourth-order valence-corrected chi connectivity index (χ4v) is 3.91. The molecule has 0 bridgehead atoms. The van der Waals surface area contributed by atoms with Crippen LogP contribution in [0.5, 0.6) is 0 Å². The molecule has 2 heterocycles. The van der Waals surface area contributed by atoms with Gasteiger partial charge in [0.05, 0.1) is 19.1 Å². The number of likely N-dealkylation sites (tertiary alicyclic amines) is 2. The molecular formula is C16H28N2O3. The van der Waals surface area contributed by atoms with Crippen molar-refractivity contribution in [1.82, 2.24) is 9.80 Å². The summed E-state index contributed by atoms with van der Waals surface area (Å²) in [7, 11) is 1.42. The van der Waals surface area contributed by atoms with Gasteiger partial charge in [-0.3, -0.25) is 14.5 Å². The summed E-state index contributed by atoms with van der Waals surface area (Å²) in [6.45, 7) is 7.66. The van der Waals surface area contributed by atoms with Gasteiger partial charge in [-0.15, -0.1) is 0 Å². The van der Waals surface area contributed by atoms with Crippen molar-refractivity contribution < 1.29 is 14.3 Å². The van der Waals surface area contributed by atoms with E-state index in [4.69, 9.17) is 4.74 Å². The Morgan fingerprint density at radius 2 is 1.76 bits per heavy atom. The maximum absolute atomic E-state index is 12.8. The summed E-state index contributed by atoms with van der Waals surface area (Å²) in [5.41, 5.74) is 0. The van der Waals surface area contributed by atoms with Crippen molar-refractivity contribution in [2.24, 2.45) is 5.92 Å². The van der Waals surface area contributed by atoms with Crippen LogP contribution in [0.3, 0.4) is 0 Å². The number of carbonyl (C=O) groups excluding carboxylic acids is 2. The molecule has 0 aromatic heterocycles. The van der Waals surface area contributed by atoms with Gasteiger partial charge in [0, 0.05) is 25.2 Å². The molecule has 21 heavy (non-hydrogen) atoms. The van der Waals surface area contributed by atoms with E-state index >= 15 is 0 Å². The fraction of sp³-hybridized carbons (Fsp3) is 0.875. The number of ether oxygens (including phenoxy) is 1. The van der Waals surface area contributed by atoms with Gasteiger partial charge in [-0.2, -0.15) is 0 Å². The molecule has 0 aromatic rings. The van der Waals surface area contributed by atoms with Crippen LogP contribution in [0.4, 0.5) is 0 Å². The number of esters is 1. The Kier molecular flexibility index (Phi) is 5.25. The van der Waals surface area contributed by atoms with E-state index in [-0.39, 0.29) is 23.8 Å². The van der Waals surface area contributed by atoms with E-state index in [0.29, 0.717) is 18.6 Å². The molecule has 2 aliphatic rings. The van der Waals surface area contributed by atoms with Crippen LogP contribution in [0.15, 0.2) is 0 Å². The number of piperidine rings is 1. The second-order valence-electron chi connectivity index (χ2n) is 6.55. The number of hydrogen-bond acceptors (Lipinski definition) is 4. The SMILES string of the molecule is COC(=O)C1CCCN(C(=O)C(C)N2C(C)CCC2C)C1. The Morgan fingerprint density at radius 3 is 2.33 bits per heavy atom. The maximum atomic E-state index is 12.8. The predicted octanol–water partition coefficient (Wildman–Crippen LogP) is 1.66. The first-order chi connectivity index (χ1) is 9.95. The summed E-state index contributed by atoms with van der Waals surface area (Å²) in [5.74, 6) is -0.194. The summed E-state index contributed by atoms with van der Waals surface area (Å²) >= 11 is 0. The maximum Gasteiger partial charge on any atom is 0.310 e. The van der Waals surface area contributed by atoms with Gasteiger partial charge in [-0.05, 0) is 46.5 Å². The summed E-state index contributed by atoms with van der Waals surface area (Å²) < 4.78 is 4.82. The zero-order chi connectivity index (χ0) is 15.6. The fourth-order valence-electron chi connectivity index (χ4n) is 3.91. The highest BCUT2D eigenvalue weighted by molar-refractivity contribution is 5.82. The van der Waals surface area contributed by atoms with E-state index in [1.165, 1.54) is 7.11 Å². The summed E-state index contributed by atoms with van der Waals surface area (Å²) in [6.07, 6.45) is 4.01. The Balaban J connectivity index is 2.00. The third-order valence-electron chi connectivity index (χ3n) is 5.09. The molecule has 0 spiro atoms. The first-order valence-electron chi connectivity index (χ1n) is 8.09. The van der Waals surface area contributed by atoms with Crippen molar-refractivity contribution in [2.45, 2.75) is 64.6 Å². The second-order valence-corrected chi connectivity index (χ2v) is 6.55. The van der Waals surface area contributed by atoms with Crippen LogP contribution >= 0.6 is 0 Å². The number of nitrogens with zero attached hydrogens (tertiary/aromatic N) is 2. The van der Waals surface area contributed by atoms with Gasteiger partial charge < -0.3 is 9.64 Å². The number of hydrogen-bond donors (Lipinski definition) is 0. The molecule has 0 radical (unpaired) electrons. The molecule has 2 rings (SSSR count). The van der Waals surface area contributed by atoms with E-state index in [1.807, 2.05) is 11.8 Å². The molecule has 1 amide bonds. The number of rotatable bonds is 3. The van der Waals surface area contributed by atoms with Crippen molar-refractivity contribution >= 4 is 11.9 Å². The molecule has 5 nitrogen and oxygen atoms in total. The average Bonchev–Trinajstić information content (AvgIpc) is 2.84. The zero-order valence-corrected chi connectivity index (χ0v) is 13.7. The highest BCUT2D eigenvalue weighted by atomic mass is 16.5. The van der Waals surface area contributed by atoms with Crippen LogP contribution in [0.2, 0.25) is 0 Å². The Morgan fingerprint density at radius 1 is 1.14 bits per heavy atom. The molecule has 2 saturated heterocycles. The quantitative estimate of drug-likeness (QED) is 0.743. The monoisotopic (exact) mass is 296 g/mol. The van der Waals surface area contributed by atoms with Gasteiger partial charge in [-0.25, -0.2) is 0 Å². The normalized spacial score (nSPS) is 32.0. The minimum atomic E-state index is -0.192. The Bertz CT molecular complexity index is 389. The van der Waals surface area contributed by atoms with Gasteiger partial charge in [0.2, 0.25) is 5.91 Å². The lowest BCUT2D eigenvalue weighted by molar-refractivity contribution is -0.150. The third kappa shape index (κ3) is 3.39. The largest absolute Gasteiger partial charge is 0.469 e. The third-order valence-corrected chi connectivity index (χ3v) is 5.09. The predicted molar refractivity (Wildman–Crippen MR) is 80.8 cm³/mol. The lowest BCUT2D eigenvalue weighted by atomic mass is 9.97. The lowest BCUT2D eigenvalue weighted by Crippen LogP contribution is -2.53. The molecule has 0 N–H and O–H groups in total. The first-order valence-corrected chi connectivity index (χ1v) is 8.09. The highest BCUT2D eigenvalue weighted by Crippen LogP contribution is 2.27. The minimum Gasteiger partial charge on any atom is -0.469 e. The number of carbonyl (C=O) groups is 2. The average molecular weight is 296 g/mol. The van der Waals surface area contributed by atoms with Crippen LogP contribution in [0, 0.1) is 5.92 Å². The standard InChI is InChI=1S/C16H28N2O3/c1-11-7-8-12(2)18(11)13(3)15(19)17-9-5-6-14(10-17)16(20)21-4/h11-14H,5-10H2,1-4H3. The zero-order valence-electron chi connectivity index (χ0n) is 13.7. The molecule has 2 fully saturated rings. The topological polar surface area (TPSA) is 49.9 Å². The molecule has 5 heteroatoms. The highest BCUT2D eigenvalue weighted by Gasteiger charge is 2.38. The van der Waals surface area contributed by atoms with Crippen molar-refractivity contribution in [3.8, 4) is 0 Å². The van der Waals surface area contributed by atoms with Gasteiger partial charge >= 0.3 is 5.97 Å². The van der Waals surface area contributed by atoms with Crippen LogP contribution in [-0.4, -0.2) is 60.0 Å². The molecule has 120 valence electrons. The molecular weight excluding hydrogens is 268 g/mol. The van der Waals surface area contributed by atoms with Gasteiger partial charge in [0.1, 0.15) is 0 Å². The number of methoxy groups -OCH3 is 1. The van der Waals surface area contributed by atoms with Crippen molar-refractivity contribution in [3.05, 3.63) is 0 Å². The summed E-state index contributed by atoms with van der Waals surface area (Å²) in [4.78, 5) is 28.6. The van der Waals surface area contributed by atoms with Crippen molar-refractivity contribution in [2.75, 3.05) is 20.2 Å². The molecule has 0 aliphatic carbocycles. The molecule has 0 aromatic carbocycles. The van der Waals surface area contributed by atoms with Crippen LogP contribution in [0.1, 0.15) is 46.5 Å². The first kappa shape index (κ1) is 16.3. The molecule has 0 saturated carbocycles. The van der Waals surface area contributed by atoms with E-state index in [9.17, 15) is 9.59 Å². The van der Waals surface area contributed by atoms with E-state index < -0.39 is 0 Å².